The maximum absolute atomic E-state index is 10.1. The van der Waals surface area contributed by atoms with Crippen molar-refractivity contribution < 1.29 is 55.1 Å². The first-order chi connectivity index (χ1) is 10.8. The van der Waals surface area contributed by atoms with Crippen molar-refractivity contribution in [1.29, 1.82) is 0 Å². The molecule has 0 amide bonds. The van der Waals surface area contributed by atoms with Crippen molar-refractivity contribution in [3.05, 3.63) is 0 Å². The van der Waals surface area contributed by atoms with E-state index in [0.29, 0.717) is 0 Å². The fourth-order valence-corrected chi connectivity index (χ4v) is 2.77. The van der Waals surface area contributed by atoms with Crippen molar-refractivity contribution in [1.82, 2.24) is 0 Å². The van der Waals surface area contributed by atoms with E-state index in [9.17, 15) is 30.6 Å². The average Bonchev–Trinajstić information content (AvgIpc) is 2.95. The summed E-state index contributed by atoms with van der Waals surface area (Å²) in [5.74, 6) is -4.62. The van der Waals surface area contributed by atoms with E-state index in [1.807, 2.05) is 0 Å². The van der Waals surface area contributed by atoms with Gasteiger partial charge in [0.25, 0.3) is 0 Å². The summed E-state index contributed by atoms with van der Waals surface area (Å²) in [4.78, 5) is 0. The molecule has 8 N–H and O–H groups in total. The number of aliphatic hydroxyl groups excluding tert-OH is 7. The lowest BCUT2D eigenvalue weighted by molar-refractivity contribution is -0.307. The molecule has 0 aromatic rings. The zero-order valence-electron chi connectivity index (χ0n) is 12.1. The van der Waals surface area contributed by atoms with E-state index in [4.69, 9.17) is 24.4 Å². The molecule has 2 aliphatic heterocycles. The van der Waals surface area contributed by atoms with Crippen molar-refractivity contribution in [2.24, 2.45) is 0 Å². The average molecular weight is 342 g/mol. The van der Waals surface area contributed by atoms with E-state index in [2.05, 4.69) is 0 Å². The Balaban J connectivity index is 2.24. The van der Waals surface area contributed by atoms with Gasteiger partial charge >= 0.3 is 0 Å². The zero-order valence-corrected chi connectivity index (χ0v) is 12.1. The summed E-state index contributed by atoms with van der Waals surface area (Å²) in [6.07, 6.45) is -9.24. The van der Waals surface area contributed by atoms with Gasteiger partial charge in [-0.3, -0.25) is 0 Å². The van der Waals surface area contributed by atoms with Gasteiger partial charge in [0.2, 0.25) is 11.6 Å². The Labute approximate surface area is 130 Å². The molecule has 0 radical (unpaired) electrons. The van der Waals surface area contributed by atoms with Crippen LogP contribution in [0.4, 0.5) is 0 Å². The Morgan fingerprint density at radius 3 is 1.87 bits per heavy atom. The van der Waals surface area contributed by atoms with Crippen LogP contribution < -0.4 is 0 Å². The monoisotopic (exact) mass is 342 g/mol. The molecule has 11 heteroatoms. The van der Waals surface area contributed by atoms with Gasteiger partial charge < -0.3 is 55.1 Å². The number of ether oxygens (including phenoxy) is 3. The van der Waals surface area contributed by atoms with Crippen molar-refractivity contribution in [2.75, 3.05) is 26.4 Å². The SMILES string of the molecule is OC[C@H]1O[C@@](CO)(O[C@@H]2[C@@H](CO)O[C@](O)(CO)[C@H]2O)[C@@H](O)[C@@H]1O. The van der Waals surface area contributed by atoms with Crippen LogP contribution in [0.3, 0.4) is 0 Å². The van der Waals surface area contributed by atoms with Gasteiger partial charge in [-0.05, 0) is 0 Å². The maximum Gasteiger partial charge on any atom is 0.222 e. The highest BCUT2D eigenvalue weighted by Gasteiger charge is 2.61. The highest BCUT2D eigenvalue weighted by atomic mass is 16.8. The molecule has 0 spiro atoms. The third kappa shape index (κ3) is 2.99. The minimum absolute atomic E-state index is 0.670. The lowest BCUT2D eigenvalue weighted by Gasteiger charge is -2.35. The van der Waals surface area contributed by atoms with Gasteiger partial charge in [-0.15, -0.1) is 0 Å². The van der Waals surface area contributed by atoms with Crippen molar-refractivity contribution in [3.63, 3.8) is 0 Å². The third-order valence-electron chi connectivity index (χ3n) is 4.14. The van der Waals surface area contributed by atoms with Crippen LogP contribution in [0.25, 0.3) is 0 Å². The van der Waals surface area contributed by atoms with E-state index in [0.717, 1.165) is 0 Å². The number of aliphatic hydroxyl groups is 8. The quantitative estimate of drug-likeness (QED) is 0.230. The molecule has 2 aliphatic rings. The second kappa shape index (κ2) is 6.82. The molecule has 0 aliphatic carbocycles. The van der Waals surface area contributed by atoms with Crippen LogP contribution in [0.15, 0.2) is 0 Å². The van der Waals surface area contributed by atoms with Crippen LogP contribution in [0.5, 0.6) is 0 Å². The fourth-order valence-electron chi connectivity index (χ4n) is 2.77. The lowest BCUT2D eigenvalue weighted by atomic mass is 10.0. The molecule has 0 aromatic heterocycles. The molecule has 8 atom stereocenters. The Kier molecular flexibility index (Phi) is 5.60. The van der Waals surface area contributed by atoms with Crippen LogP contribution in [0.2, 0.25) is 0 Å². The van der Waals surface area contributed by atoms with Gasteiger partial charge in [0.05, 0.1) is 19.8 Å². The number of hydrogen-bond acceptors (Lipinski definition) is 11. The van der Waals surface area contributed by atoms with Gasteiger partial charge in [0.1, 0.15) is 43.2 Å². The van der Waals surface area contributed by atoms with E-state index in [1.54, 1.807) is 0 Å². The summed E-state index contributed by atoms with van der Waals surface area (Å²) >= 11 is 0. The molecule has 0 bridgehead atoms. The summed E-state index contributed by atoms with van der Waals surface area (Å²) in [5, 5.41) is 76.8. The molecule has 2 fully saturated rings. The van der Waals surface area contributed by atoms with Crippen molar-refractivity contribution >= 4 is 0 Å². The first-order valence-electron chi connectivity index (χ1n) is 7.02. The molecule has 2 rings (SSSR count). The Hall–Kier alpha value is -0.440. The van der Waals surface area contributed by atoms with Gasteiger partial charge in [0.15, 0.2) is 0 Å². The minimum Gasteiger partial charge on any atom is -0.394 e. The van der Waals surface area contributed by atoms with Crippen LogP contribution in [0.1, 0.15) is 0 Å². The number of hydrogen-bond donors (Lipinski definition) is 8. The second-order valence-electron chi connectivity index (χ2n) is 5.61. The molecular formula is C12H22O11. The molecule has 136 valence electrons. The Morgan fingerprint density at radius 2 is 1.43 bits per heavy atom. The first-order valence-corrected chi connectivity index (χ1v) is 7.02. The summed E-state index contributed by atoms with van der Waals surface area (Å²) in [6.45, 7) is -3.34. The molecule has 0 aromatic carbocycles. The predicted octanol–water partition coefficient (Wildman–Crippen LogP) is -5.39. The van der Waals surface area contributed by atoms with Gasteiger partial charge in [-0.2, -0.15) is 0 Å². The molecule has 2 heterocycles. The highest BCUT2D eigenvalue weighted by molar-refractivity contribution is 5.02. The van der Waals surface area contributed by atoms with Crippen LogP contribution in [-0.2, 0) is 14.2 Å². The topological polar surface area (TPSA) is 190 Å². The molecule has 23 heavy (non-hydrogen) atoms. The van der Waals surface area contributed by atoms with E-state index in [1.165, 1.54) is 0 Å². The lowest BCUT2D eigenvalue weighted by Crippen LogP contribution is -2.55. The van der Waals surface area contributed by atoms with E-state index < -0.39 is 74.6 Å². The Bertz CT molecular complexity index is 408. The van der Waals surface area contributed by atoms with Crippen LogP contribution >= 0.6 is 0 Å². The molecular weight excluding hydrogens is 320 g/mol. The normalized spacial score (nSPS) is 50.6. The molecule has 2 saturated heterocycles. The highest BCUT2D eigenvalue weighted by Crippen LogP contribution is 2.38. The van der Waals surface area contributed by atoms with E-state index >= 15 is 0 Å². The summed E-state index contributed by atoms with van der Waals surface area (Å²) < 4.78 is 15.4. The van der Waals surface area contributed by atoms with Gasteiger partial charge in [-0.1, -0.05) is 0 Å². The summed E-state index contributed by atoms with van der Waals surface area (Å²) in [7, 11) is 0. The molecule has 11 nitrogen and oxygen atoms in total. The van der Waals surface area contributed by atoms with Gasteiger partial charge in [-0.25, -0.2) is 0 Å². The smallest absolute Gasteiger partial charge is 0.222 e. The van der Waals surface area contributed by atoms with Gasteiger partial charge in [0, 0.05) is 0 Å². The number of rotatable bonds is 6. The summed E-state index contributed by atoms with van der Waals surface area (Å²) in [5.41, 5.74) is 0. The molecule has 0 unspecified atom stereocenters. The van der Waals surface area contributed by atoms with Crippen LogP contribution in [0, 0.1) is 0 Å². The third-order valence-corrected chi connectivity index (χ3v) is 4.14. The van der Waals surface area contributed by atoms with Crippen molar-refractivity contribution in [3.8, 4) is 0 Å². The molecule has 0 saturated carbocycles. The zero-order chi connectivity index (χ0) is 17.4. The van der Waals surface area contributed by atoms with Crippen molar-refractivity contribution in [2.45, 2.75) is 48.2 Å². The summed E-state index contributed by atoms with van der Waals surface area (Å²) in [6, 6.07) is 0. The van der Waals surface area contributed by atoms with E-state index in [-0.39, 0.29) is 0 Å². The van der Waals surface area contributed by atoms with Crippen LogP contribution in [-0.4, -0.2) is 115 Å². The fraction of sp³-hybridized carbons (Fsp3) is 1.00. The second-order valence-corrected chi connectivity index (χ2v) is 5.61. The standard InChI is InChI=1S/C12H22O11/c13-1-5-7(17)9(18)12(4-16,22-5)23-8-6(2-14)21-11(20,3-15)10(8)19/h5-10,13-20H,1-4H2/t5-,6-,7-,8-,9+,10+,11-,12+/m1/s1. The minimum atomic E-state index is -2.41. The maximum atomic E-state index is 10.1. The first kappa shape index (κ1) is 18.9. The largest absolute Gasteiger partial charge is 0.394 e. The Morgan fingerprint density at radius 1 is 0.826 bits per heavy atom. The predicted molar refractivity (Wildman–Crippen MR) is 68.7 cm³/mol.